The van der Waals surface area contributed by atoms with Gasteiger partial charge in [-0.25, -0.2) is 9.97 Å². The summed E-state index contributed by atoms with van der Waals surface area (Å²) in [7, 11) is 0. The average Bonchev–Trinajstić information content (AvgIpc) is 3.34. The molecule has 0 saturated carbocycles. The van der Waals surface area contributed by atoms with Crippen molar-refractivity contribution in [1.29, 1.82) is 0 Å². The summed E-state index contributed by atoms with van der Waals surface area (Å²) in [6.45, 7) is 7.92. The van der Waals surface area contributed by atoms with Gasteiger partial charge in [0.15, 0.2) is 0 Å². The highest BCUT2D eigenvalue weighted by atomic mass is 16.2. The van der Waals surface area contributed by atoms with E-state index in [1.807, 2.05) is 48.8 Å². The first-order valence-electron chi connectivity index (χ1n) is 10.9. The normalized spacial score (nSPS) is 18.4. The van der Waals surface area contributed by atoms with Gasteiger partial charge in [-0.05, 0) is 31.7 Å². The zero-order valence-electron chi connectivity index (χ0n) is 18.1. The summed E-state index contributed by atoms with van der Waals surface area (Å²) in [5, 5.41) is 0. The molecule has 1 aromatic carbocycles. The molecule has 2 amide bonds. The van der Waals surface area contributed by atoms with Gasteiger partial charge in [-0.15, -0.1) is 0 Å². The lowest BCUT2D eigenvalue weighted by Crippen LogP contribution is -2.32. The molecule has 30 heavy (non-hydrogen) atoms. The maximum absolute atomic E-state index is 12.7. The molecule has 0 spiro atoms. The monoisotopic (exact) mass is 406 g/mol. The number of carbonyl (C=O) groups is 2. The second-order valence-corrected chi connectivity index (χ2v) is 8.71. The molecule has 0 aliphatic carbocycles. The lowest BCUT2D eigenvalue weighted by Gasteiger charge is -2.20. The maximum atomic E-state index is 12.7. The molecule has 0 N–H and O–H groups in total. The number of carbonyl (C=O) groups excluding carboxylic acids is 2. The highest BCUT2D eigenvalue weighted by Crippen LogP contribution is 2.33. The molecule has 1 fully saturated rings. The molecule has 6 nitrogen and oxygen atoms in total. The fraction of sp³-hybridized carbons (Fsp3) is 0.500. The van der Waals surface area contributed by atoms with E-state index in [1.54, 1.807) is 0 Å². The first-order chi connectivity index (χ1) is 14.4. The van der Waals surface area contributed by atoms with Crippen molar-refractivity contribution < 1.29 is 9.59 Å². The zero-order chi connectivity index (χ0) is 21.3. The number of hydrogen-bond donors (Lipinski definition) is 0. The fourth-order valence-corrected chi connectivity index (χ4v) is 4.43. The molecule has 1 aromatic heterocycles. The summed E-state index contributed by atoms with van der Waals surface area (Å²) in [6, 6.07) is 10.3. The van der Waals surface area contributed by atoms with E-state index in [0.29, 0.717) is 19.5 Å². The number of aryl methyl sites for hydroxylation is 2. The van der Waals surface area contributed by atoms with Gasteiger partial charge in [-0.1, -0.05) is 44.2 Å². The van der Waals surface area contributed by atoms with E-state index in [9.17, 15) is 9.59 Å². The summed E-state index contributed by atoms with van der Waals surface area (Å²) in [5.41, 5.74) is 3.13. The van der Waals surface area contributed by atoms with Crippen LogP contribution in [-0.4, -0.2) is 46.3 Å². The number of fused-ring (bicyclic) bond motifs is 1. The minimum Gasteiger partial charge on any atom is -0.342 e. The largest absolute Gasteiger partial charge is 0.342 e. The van der Waals surface area contributed by atoms with E-state index in [4.69, 9.17) is 9.97 Å². The van der Waals surface area contributed by atoms with Crippen molar-refractivity contribution in [3.63, 3.8) is 0 Å². The highest BCUT2D eigenvalue weighted by molar-refractivity contribution is 6.00. The van der Waals surface area contributed by atoms with Crippen LogP contribution in [0.2, 0.25) is 0 Å². The van der Waals surface area contributed by atoms with Crippen molar-refractivity contribution in [3.8, 4) is 0 Å². The standard InChI is InChI=1S/C24H30N4O2/c1-16(2)24(30)27-13-11-19(15-27)22-25-17(3)20-14-21(29)28(23(20)26-22)12-7-10-18-8-5-4-6-9-18/h4-6,8-9,16,19H,7,10-15H2,1-3H3/t19-/m0/s1. The van der Waals surface area contributed by atoms with Crippen LogP contribution in [0.3, 0.4) is 0 Å². The number of rotatable bonds is 6. The molecule has 0 bridgehead atoms. The predicted octanol–water partition coefficient (Wildman–Crippen LogP) is 3.28. The van der Waals surface area contributed by atoms with Gasteiger partial charge in [-0.3, -0.25) is 14.5 Å². The van der Waals surface area contributed by atoms with Crippen LogP contribution in [0.1, 0.15) is 55.3 Å². The van der Waals surface area contributed by atoms with Gasteiger partial charge in [0.05, 0.1) is 6.42 Å². The molecule has 4 rings (SSSR count). The van der Waals surface area contributed by atoms with E-state index in [0.717, 1.165) is 48.7 Å². The number of aromatic nitrogens is 2. The van der Waals surface area contributed by atoms with Gasteiger partial charge >= 0.3 is 0 Å². The smallest absolute Gasteiger partial charge is 0.232 e. The summed E-state index contributed by atoms with van der Waals surface area (Å²) in [6.07, 6.45) is 3.09. The second kappa shape index (κ2) is 8.54. The summed E-state index contributed by atoms with van der Waals surface area (Å²) in [5.74, 6) is 1.99. The van der Waals surface area contributed by atoms with Crippen LogP contribution >= 0.6 is 0 Å². The lowest BCUT2D eigenvalue weighted by molar-refractivity contribution is -0.133. The van der Waals surface area contributed by atoms with E-state index in [2.05, 4.69) is 12.1 Å². The fourth-order valence-electron chi connectivity index (χ4n) is 4.43. The van der Waals surface area contributed by atoms with Crippen molar-refractivity contribution in [2.45, 2.75) is 52.4 Å². The Labute approximate surface area is 178 Å². The van der Waals surface area contributed by atoms with E-state index >= 15 is 0 Å². The molecule has 2 aromatic rings. The van der Waals surface area contributed by atoms with Crippen LogP contribution in [0.5, 0.6) is 0 Å². The van der Waals surface area contributed by atoms with Crippen LogP contribution in [0.4, 0.5) is 5.82 Å². The summed E-state index contributed by atoms with van der Waals surface area (Å²) < 4.78 is 0. The average molecular weight is 407 g/mol. The van der Waals surface area contributed by atoms with Crippen molar-refractivity contribution in [3.05, 3.63) is 53.0 Å². The van der Waals surface area contributed by atoms with Gasteiger partial charge in [0, 0.05) is 42.7 Å². The Morgan fingerprint density at radius 1 is 1.20 bits per heavy atom. The zero-order valence-corrected chi connectivity index (χ0v) is 18.1. The molecule has 6 heteroatoms. The van der Waals surface area contributed by atoms with Crippen LogP contribution in [0, 0.1) is 12.8 Å². The third-order valence-electron chi connectivity index (χ3n) is 6.14. The number of hydrogen-bond acceptors (Lipinski definition) is 4. The summed E-state index contributed by atoms with van der Waals surface area (Å²) >= 11 is 0. The van der Waals surface area contributed by atoms with Gasteiger partial charge in [0.2, 0.25) is 11.8 Å². The molecule has 0 unspecified atom stereocenters. The van der Waals surface area contributed by atoms with Gasteiger partial charge in [0.1, 0.15) is 11.6 Å². The molecular weight excluding hydrogens is 376 g/mol. The number of amides is 2. The number of anilines is 1. The Hall–Kier alpha value is -2.76. The van der Waals surface area contributed by atoms with Crippen molar-refractivity contribution in [2.24, 2.45) is 5.92 Å². The molecule has 2 aliphatic heterocycles. The van der Waals surface area contributed by atoms with Crippen LogP contribution in [-0.2, 0) is 22.4 Å². The third-order valence-corrected chi connectivity index (χ3v) is 6.14. The Morgan fingerprint density at radius 3 is 2.70 bits per heavy atom. The topological polar surface area (TPSA) is 66.4 Å². The lowest BCUT2D eigenvalue weighted by atomic mass is 10.1. The molecule has 0 radical (unpaired) electrons. The minimum atomic E-state index is 0.00385. The number of likely N-dealkylation sites (tertiary alicyclic amines) is 1. The number of benzene rings is 1. The highest BCUT2D eigenvalue weighted by Gasteiger charge is 2.34. The Bertz CT molecular complexity index is 942. The molecule has 3 heterocycles. The van der Waals surface area contributed by atoms with Gasteiger partial charge < -0.3 is 4.90 Å². The molecule has 1 atom stereocenters. The van der Waals surface area contributed by atoms with Crippen LogP contribution in [0.25, 0.3) is 0 Å². The molecule has 1 saturated heterocycles. The van der Waals surface area contributed by atoms with E-state index in [-0.39, 0.29) is 23.7 Å². The minimum absolute atomic E-state index is 0.00385. The Balaban J connectivity index is 1.48. The van der Waals surface area contributed by atoms with Gasteiger partial charge in [-0.2, -0.15) is 0 Å². The quantitative estimate of drug-likeness (QED) is 0.738. The van der Waals surface area contributed by atoms with Crippen LogP contribution in [0.15, 0.2) is 30.3 Å². The van der Waals surface area contributed by atoms with Gasteiger partial charge in [0.25, 0.3) is 0 Å². The Kier molecular flexibility index (Phi) is 5.84. The first kappa shape index (κ1) is 20.5. The SMILES string of the molecule is Cc1nc([C@H]2CCN(C(=O)C(C)C)C2)nc2c1CC(=O)N2CCCc1ccccc1. The predicted molar refractivity (Wildman–Crippen MR) is 116 cm³/mol. The first-order valence-corrected chi connectivity index (χ1v) is 10.9. The summed E-state index contributed by atoms with van der Waals surface area (Å²) in [4.78, 5) is 38.4. The van der Waals surface area contributed by atoms with E-state index in [1.165, 1.54) is 5.56 Å². The van der Waals surface area contributed by atoms with Crippen molar-refractivity contribution >= 4 is 17.6 Å². The third kappa shape index (κ3) is 4.09. The number of nitrogens with zero attached hydrogens (tertiary/aromatic N) is 4. The maximum Gasteiger partial charge on any atom is 0.232 e. The molecule has 158 valence electrons. The molecular formula is C24H30N4O2. The van der Waals surface area contributed by atoms with E-state index < -0.39 is 0 Å². The van der Waals surface area contributed by atoms with Crippen molar-refractivity contribution in [2.75, 3.05) is 24.5 Å². The second-order valence-electron chi connectivity index (χ2n) is 8.71. The Morgan fingerprint density at radius 2 is 1.97 bits per heavy atom. The molecule has 2 aliphatic rings. The van der Waals surface area contributed by atoms with Crippen molar-refractivity contribution in [1.82, 2.24) is 14.9 Å². The van der Waals surface area contributed by atoms with Crippen LogP contribution < -0.4 is 4.90 Å².